The molecule has 120 valence electrons. The lowest BCUT2D eigenvalue weighted by molar-refractivity contribution is -0.116. The zero-order valence-electron chi connectivity index (χ0n) is 13.8. The van der Waals surface area contributed by atoms with Gasteiger partial charge >= 0.3 is 0 Å². The highest BCUT2D eigenvalue weighted by Gasteiger charge is 2.21. The van der Waals surface area contributed by atoms with Crippen molar-refractivity contribution in [2.45, 2.75) is 32.4 Å². The summed E-state index contributed by atoms with van der Waals surface area (Å²) in [4.78, 5) is 14.6. The lowest BCUT2D eigenvalue weighted by Gasteiger charge is -2.29. The van der Waals surface area contributed by atoms with Gasteiger partial charge in [-0.2, -0.15) is 0 Å². The van der Waals surface area contributed by atoms with Crippen molar-refractivity contribution in [3.8, 4) is 0 Å². The molecular formula is C20H23NOS. The van der Waals surface area contributed by atoms with E-state index in [0.717, 1.165) is 30.8 Å². The van der Waals surface area contributed by atoms with Crippen LogP contribution in [0.2, 0.25) is 0 Å². The van der Waals surface area contributed by atoms with Crippen molar-refractivity contribution < 1.29 is 4.79 Å². The molecule has 0 radical (unpaired) electrons. The molecule has 23 heavy (non-hydrogen) atoms. The van der Waals surface area contributed by atoms with Crippen LogP contribution in [0.1, 0.15) is 28.7 Å². The minimum absolute atomic E-state index is 0.228. The van der Waals surface area contributed by atoms with E-state index in [2.05, 4.69) is 50.2 Å². The number of thioether (sulfide) groups is 1. The minimum atomic E-state index is 0.228. The Bertz CT molecular complexity index is 690. The maximum Gasteiger partial charge on any atom is 0.236 e. The lowest BCUT2D eigenvalue weighted by Crippen LogP contribution is -2.36. The van der Waals surface area contributed by atoms with E-state index in [1.807, 2.05) is 11.0 Å². The van der Waals surface area contributed by atoms with Gasteiger partial charge in [0.1, 0.15) is 0 Å². The van der Waals surface area contributed by atoms with Crippen LogP contribution in [0.4, 0.5) is 5.69 Å². The first kappa shape index (κ1) is 16.1. The Morgan fingerprint density at radius 2 is 1.87 bits per heavy atom. The van der Waals surface area contributed by atoms with Gasteiger partial charge in [-0.25, -0.2) is 0 Å². The number of rotatable bonds is 4. The zero-order valence-corrected chi connectivity index (χ0v) is 14.7. The predicted octanol–water partition coefficient (Wildman–Crippen LogP) is 4.52. The van der Waals surface area contributed by atoms with Crippen molar-refractivity contribution in [2.24, 2.45) is 0 Å². The fraction of sp³-hybridized carbons (Fsp3) is 0.350. The molecule has 2 nitrogen and oxygen atoms in total. The highest BCUT2D eigenvalue weighted by molar-refractivity contribution is 7.99. The SMILES string of the molecule is Cc1cc(C)cc(CSCC(=O)N2CCCc3ccccc32)c1. The summed E-state index contributed by atoms with van der Waals surface area (Å²) in [5.41, 5.74) is 6.29. The third-order valence-electron chi connectivity index (χ3n) is 4.19. The van der Waals surface area contributed by atoms with Gasteiger partial charge in [-0.05, 0) is 43.9 Å². The van der Waals surface area contributed by atoms with Gasteiger partial charge in [-0.1, -0.05) is 47.5 Å². The fourth-order valence-corrected chi connectivity index (χ4v) is 4.11. The molecule has 1 aliphatic heterocycles. The Kier molecular flexibility index (Phi) is 5.06. The molecule has 0 saturated heterocycles. The number of hydrogen-bond donors (Lipinski definition) is 0. The molecule has 3 heteroatoms. The van der Waals surface area contributed by atoms with Gasteiger partial charge in [0.15, 0.2) is 0 Å². The Balaban J connectivity index is 1.60. The number of carbonyl (C=O) groups is 1. The van der Waals surface area contributed by atoms with Crippen molar-refractivity contribution in [1.82, 2.24) is 0 Å². The molecule has 0 fully saturated rings. The summed E-state index contributed by atoms with van der Waals surface area (Å²) in [7, 11) is 0. The third kappa shape index (κ3) is 3.97. The molecular weight excluding hydrogens is 302 g/mol. The summed E-state index contributed by atoms with van der Waals surface area (Å²) in [5.74, 6) is 1.66. The van der Waals surface area contributed by atoms with E-state index in [1.165, 1.54) is 22.3 Å². The van der Waals surface area contributed by atoms with Gasteiger partial charge in [-0.3, -0.25) is 4.79 Å². The van der Waals surface area contributed by atoms with E-state index in [1.54, 1.807) is 11.8 Å². The van der Waals surface area contributed by atoms with Crippen LogP contribution in [0.5, 0.6) is 0 Å². The summed E-state index contributed by atoms with van der Waals surface area (Å²) in [6.45, 7) is 5.09. The van der Waals surface area contributed by atoms with E-state index in [9.17, 15) is 4.79 Å². The molecule has 0 unspecified atom stereocenters. The van der Waals surface area contributed by atoms with Gasteiger partial charge < -0.3 is 4.90 Å². The maximum absolute atomic E-state index is 12.6. The first-order valence-corrected chi connectivity index (χ1v) is 9.32. The summed E-state index contributed by atoms with van der Waals surface area (Å²) in [6.07, 6.45) is 2.14. The van der Waals surface area contributed by atoms with Gasteiger partial charge in [0.25, 0.3) is 0 Å². The Labute approximate surface area is 142 Å². The van der Waals surface area contributed by atoms with E-state index in [4.69, 9.17) is 0 Å². The number of anilines is 1. The monoisotopic (exact) mass is 325 g/mol. The number of hydrogen-bond acceptors (Lipinski definition) is 2. The van der Waals surface area contributed by atoms with Crippen molar-refractivity contribution in [3.05, 3.63) is 64.7 Å². The van der Waals surface area contributed by atoms with E-state index in [0.29, 0.717) is 5.75 Å². The Morgan fingerprint density at radius 1 is 1.13 bits per heavy atom. The normalized spacial score (nSPS) is 13.7. The van der Waals surface area contributed by atoms with Crippen molar-refractivity contribution in [3.63, 3.8) is 0 Å². The minimum Gasteiger partial charge on any atom is -0.311 e. The van der Waals surface area contributed by atoms with Gasteiger partial charge in [-0.15, -0.1) is 11.8 Å². The molecule has 0 bridgehead atoms. The van der Waals surface area contributed by atoms with Crippen LogP contribution in [0.3, 0.4) is 0 Å². The lowest BCUT2D eigenvalue weighted by atomic mass is 10.0. The fourth-order valence-electron chi connectivity index (χ4n) is 3.28. The zero-order chi connectivity index (χ0) is 16.2. The second kappa shape index (κ2) is 7.22. The molecule has 1 amide bonds. The molecule has 1 heterocycles. The first-order chi connectivity index (χ1) is 11.1. The number of aryl methyl sites for hydroxylation is 3. The number of benzene rings is 2. The first-order valence-electron chi connectivity index (χ1n) is 8.16. The summed E-state index contributed by atoms with van der Waals surface area (Å²) in [5, 5.41) is 0. The van der Waals surface area contributed by atoms with E-state index >= 15 is 0 Å². The quantitative estimate of drug-likeness (QED) is 0.824. The topological polar surface area (TPSA) is 20.3 Å². The molecule has 0 N–H and O–H groups in total. The van der Waals surface area contributed by atoms with Crippen LogP contribution in [0.15, 0.2) is 42.5 Å². The molecule has 2 aromatic rings. The molecule has 0 spiro atoms. The summed E-state index contributed by atoms with van der Waals surface area (Å²) in [6, 6.07) is 14.9. The summed E-state index contributed by atoms with van der Waals surface area (Å²) < 4.78 is 0. The number of amides is 1. The third-order valence-corrected chi connectivity index (χ3v) is 5.18. The number of fused-ring (bicyclic) bond motifs is 1. The van der Waals surface area contributed by atoms with Gasteiger partial charge in [0.2, 0.25) is 5.91 Å². The van der Waals surface area contributed by atoms with Crippen LogP contribution in [-0.2, 0) is 17.0 Å². The Hall–Kier alpha value is -1.74. The molecule has 3 rings (SSSR count). The van der Waals surface area contributed by atoms with Gasteiger partial charge in [0, 0.05) is 18.0 Å². The molecule has 0 aromatic heterocycles. The van der Waals surface area contributed by atoms with E-state index < -0.39 is 0 Å². The second-order valence-electron chi connectivity index (χ2n) is 6.27. The molecule has 0 aliphatic carbocycles. The van der Waals surface area contributed by atoms with Crippen LogP contribution in [-0.4, -0.2) is 18.2 Å². The van der Waals surface area contributed by atoms with Crippen molar-refractivity contribution >= 4 is 23.4 Å². The van der Waals surface area contributed by atoms with Crippen LogP contribution >= 0.6 is 11.8 Å². The van der Waals surface area contributed by atoms with Crippen molar-refractivity contribution in [2.75, 3.05) is 17.2 Å². The summed E-state index contributed by atoms with van der Waals surface area (Å²) >= 11 is 1.71. The second-order valence-corrected chi connectivity index (χ2v) is 7.25. The average Bonchev–Trinajstić information content (AvgIpc) is 2.53. The molecule has 2 aromatic carbocycles. The standard InChI is InChI=1S/C20H23NOS/c1-15-10-16(2)12-17(11-15)13-23-14-20(22)21-9-5-7-18-6-3-4-8-19(18)21/h3-4,6,8,10-12H,5,7,9,13-14H2,1-2H3. The number of nitrogens with zero attached hydrogens (tertiary/aromatic N) is 1. The van der Waals surface area contributed by atoms with Crippen LogP contribution < -0.4 is 4.90 Å². The van der Waals surface area contributed by atoms with E-state index in [-0.39, 0.29) is 5.91 Å². The maximum atomic E-state index is 12.6. The highest BCUT2D eigenvalue weighted by atomic mass is 32.2. The molecule has 1 aliphatic rings. The van der Waals surface area contributed by atoms with Crippen molar-refractivity contribution in [1.29, 1.82) is 0 Å². The average molecular weight is 325 g/mol. The Morgan fingerprint density at radius 3 is 2.65 bits per heavy atom. The van der Waals surface area contributed by atoms with Crippen LogP contribution in [0.25, 0.3) is 0 Å². The number of carbonyl (C=O) groups excluding carboxylic acids is 1. The van der Waals surface area contributed by atoms with Crippen LogP contribution in [0, 0.1) is 13.8 Å². The largest absolute Gasteiger partial charge is 0.311 e. The predicted molar refractivity (Wildman–Crippen MR) is 99.2 cm³/mol. The molecule has 0 atom stereocenters. The number of para-hydroxylation sites is 1. The smallest absolute Gasteiger partial charge is 0.236 e. The van der Waals surface area contributed by atoms with Gasteiger partial charge in [0.05, 0.1) is 5.75 Å². The molecule has 0 saturated carbocycles. The highest BCUT2D eigenvalue weighted by Crippen LogP contribution is 2.27.